The van der Waals surface area contributed by atoms with Gasteiger partial charge in [-0.25, -0.2) is 0 Å². The maximum absolute atomic E-state index is 12.0. The molecule has 0 aliphatic heterocycles. The Bertz CT molecular complexity index is 479. The van der Waals surface area contributed by atoms with Crippen molar-refractivity contribution in [2.75, 3.05) is 6.61 Å². The van der Waals surface area contributed by atoms with E-state index < -0.39 is 0 Å². The van der Waals surface area contributed by atoms with Gasteiger partial charge in [0, 0.05) is 6.04 Å². The third-order valence-electron chi connectivity index (χ3n) is 3.25. The third-order valence-corrected chi connectivity index (χ3v) is 4.07. The zero-order valence-electron chi connectivity index (χ0n) is 10.5. The van der Waals surface area contributed by atoms with Crippen LogP contribution in [0.3, 0.4) is 0 Å². The number of carbonyl (C=O) groups excluding carboxylic acids is 1. The minimum Gasteiger partial charge on any atom is -0.466 e. The summed E-state index contributed by atoms with van der Waals surface area (Å²) >= 11 is 12.2. The smallest absolute Gasteiger partial charge is 0.313 e. The second kappa shape index (κ2) is 6.80. The van der Waals surface area contributed by atoms with Crippen molar-refractivity contribution in [1.29, 1.82) is 0 Å². The number of nitrogens with two attached hydrogens (primary N) is 1. The van der Waals surface area contributed by atoms with Gasteiger partial charge >= 0.3 is 5.97 Å². The first-order valence-corrected chi connectivity index (χ1v) is 6.71. The van der Waals surface area contributed by atoms with E-state index in [4.69, 9.17) is 33.7 Å². The summed E-state index contributed by atoms with van der Waals surface area (Å²) in [6, 6.07) is 3.47. The lowest BCUT2D eigenvalue weighted by molar-refractivity contribution is -0.145. The van der Waals surface area contributed by atoms with Crippen molar-refractivity contribution in [2.24, 2.45) is 5.73 Å². The van der Waals surface area contributed by atoms with Crippen LogP contribution in [0.4, 0.5) is 0 Å². The average molecular weight is 325 g/mol. The highest BCUT2D eigenvalue weighted by atomic mass is 35.5. The van der Waals surface area contributed by atoms with Crippen molar-refractivity contribution < 1.29 is 9.53 Å². The molecule has 1 aromatic carbocycles. The molecule has 3 nitrogen and oxygen atoms in total. The van der Waals surface area contributed by atoms with E-state index in [1.54, 1.807) is 13.0 Å². The maximum Gasteiger partial charge on any atom is 0.313 e. The summed E-state index contributed by atoms with van der Waals surface area (Å²) in [5, 5.41) is 0.862. The maximum atomic E-state index is 12.0. The van der Waals surface area contributed by atoms with Gasteiger partial charge in [0.25, 0.3) is 0 Å². The molecule has 0 bridgehead atoms. The van der Waals surface area contributed by atoms with Crippen LogP contribution in [-0.4, -0.2) is 12.6 Å². The second-order valence-electron chi connectivity index (χ2n) is 4.35. The molecule has 0 heterocycles. The molecule has 2 N–H and O–H groups in total. The Hall–Kier alpha value is -0.480. The molecule has 2 atom stereocenters. The van der Waals surface area contributed by atoms with Crippen molar-refractivity contribution in [3.8, 4) is 0 Å². The van der Waals surface area contributed by atoms with Gasteiger partial charge in [-0.2, -0.15) is 0 Å². The SMILES string of the molecule is CCOC(=O)[C@H]1CC[C@H](N)c2ccc(Cl)c(Cl)c21.Cl. The van der Waals surface area contributed by atoms with Crippen LogP contribution in [0.2, 0.25) is 10.0 Å². The van der Waals surface area contributed by atoms with Crippen molar-refractivity contribution in [2.45, 2.75) is 31.7 Å². The van der Waals surface area contributed by atoms with Gasteiger partial charge in [0.05, 0.1) is 22.6 Å². The van der Waals surface area contributed by atoms with E-state index in [1.807, 2.05) is 6.07 Å². The summed E-state index contributed by atoms with van der Waals surface area (Å²) < 4.78 is 5.09. The fourth-order valence-electron chi connectivity index (χ4n) is 2.38. The van der Waals surface area contributed by atoms with Gasteiger partial charge in [-0.15, -0.1) is 12.4 Å². The van der Waals surface area contributed by atoms with E-state index in [2.05, 4.69) is 0 Å². The first kappa shape index (κ1) is 16.6. The summed E-state index contributed by atoms with van der Waals surface area (Å²) in [6.07, 6.45) is 1.39. The van der Waals surface area contributed by atoms with E-state index in [1.165, 1.54) is 0 Å². The van der Waals surface area contributed by atoms with E-state index in [-0.39, 0.29) is 30.3 Å². The van der Waals surface area contributed by atoms with Crippen molar-refractivity contribution in [3.05, 3.63) is 33.3 Å². The summed E-state index contributed by atoms with van der Waals surface area (Å²) in [6.45, 7) is 2.14. The van der Waals surface area contributed by atoms with Crippen molar-refractivity contribution in [3.63, 3.8) is 0 Å². The first-order valence-electron chi connectivity index (χ1n) is 5.96. The molecule has 0 spiro atoms. The Morgan fingerprint density at radius 3 is 2.74 bits per heavy atom. The largest absolute Gasteiger partial charge is 0.466 e. The van der Waals surface area contributed by atoms with Gasteiger partial charge in [0.1, 0.15) is 0 Å². The molecule has 19 heavy (non-hydrogen) atoms. The Balaban J connectivity index is 0.00000180. The number of fused-ring (bicyclic) bond motifs is 1. The number of benzene rings is 1. The first-order chi connectivity index (χ1) is 8.56. The van der Waals surface area contributed by atoms with Crippen LogP contribution in [0, 0.1) is 0 Å². The summed E-state index contributed by atoms with van der Waals surface area (Å²) in [4.78, 5) is 12.0. The van der Waals surface area contributed by atoms with Crippen LogP contribution < -0.4 is 5.73 Å². The lowest BCUT2D eigenvalue weighted by Gasteiger charge is -2.29. The van der Waals surface area contributed by atoms with E-state index >= 15 is 0 Å². The lowest BCUT2D eigenvalue weighted by Crippen LogP contribution is -2.26. The number of hydrogen-bond acceptors (Lipinski definition) is 3. The second-order valence-corrected chi connectivity index (χ2v) is 5.14. The van der Waals surface area contributed by atoms with Gasteiger partial charge in [0.2, 0.25) is 0 Å². The molecule has 1 aliphatic carbocycles. The number of esters is 1. The van der Waals surface area contributed by atoms with Crippen molar-refractivity contribution in [1.82, 2.24) is 0 Å². The summed E-state index contributed by atoms with van der Waals surface area (Å²) in [5.41, 5.74) is 7.68. The molecule has 1 aromatic rings. The van der Waals surface area contributed by atoms with E-state index in [0.29, 0.717) is 23.1 Å². The third kappa shape index (κ3) is 3.16. The number of halogens is 3. The molecule has 0 radical (unpaired) electrons. The predicted molar refractivity (Wildman–Crippen MR) is 79.2 cm³/mol. The van der Waals surface area contributed by atoms with Crippen molar-refractivity contribution >= 4 is 41.6 Å². The molecule has 0 fully saturated rings. The summed E-state index contributed by atoms with van der Waals surface area (Å²) in [7, 11) is 0. The highest BCUT2D eigenvalue weighted by Gasteiger charge is 2.33. The van der Waals surface area contributed by atoms with Crippen LogP contribution in [0.25, 0.3) is 0 Å². The molecule has 106 valence electrons. The zero-order chi connectivity index (χ0) is 13.3. The van der Waals surface area contributed by atoms with Gasteiger partial charge < -0.3 is 10.5 Å². The molecule has 0 saturated heterocycles. The van der Waals surface area contributed by atoms with Crippen LogP contribution in [-0.2, 0) is 9.53 Å². The van der Waals surface area contributed by atoms with E-state index in [9.17, 15) is 4.79 Å². The highest BCUT2D eigenvalue weighted by Crippen LogP contribution is 2.43. The van der Waals surface area contributed by atoms with Crippen LogP contribution in [0.15, 0.2) is 12.1 Å². The van der Waals surface area contributed by atoms with Crippen LogP contribution in [0.1, 0.15) is 42.9 Å². The van der Waals surface area contributed by atoms with Gasteiger partial charge in [-0.1, -0.05) is 29.3 Å². The topological polar surface area (TPSA) is 52.3 Å². The zero-order valence-corrected chi connectivity index (χ0v) is 12.8. The Morgan fingerprint density at radius 1 is 1.42 bits per heavy atom. The lowest BCUT2D eigenvalue weighted by atomic mass is 9.80. The van der Waals surface area contributed by atoms with E-state index in [0.717, 1.165) is 17.5 Å². The number of hydrogen-bond donors (Lipinski definition) is 1. The molecular formula is C13H16Cl3NO2. The number of carbonyl (C=O) groups is 1. The van der Waals surface area contributed by atoms with Crippen LogP contribution in [0.5, 0.6) is 0 Å². The Labute approximate surface area is 128 Å². The monoisotopic (exact) mass is 323 g/mol. The highest BCUT2D eigenvalue weighted by molar-refractivity contribution is 6.42. The minimum atomic E-state index is -0.356. The Kier molecular flexibility index (Phi) is 5.93. The molecule has 0 unspecified atom stereocenters. The molecule has 0 saturated carbocycles. The molecule has 2 rings (SSSR count). The Morgan fingerprint density at radius 2 is 2.11 bits per heavy atom. The van der Waals surface area contributed by atoms with Crippen LogP contribution >= 0.6 is 35.6 Å². The van der Waals surface area contributed by atoms with Gasteiger partial charge in [-0.05, 0) is 37.0 Å². The molecule has 0 amide bonds. The fraction of sp³-hybridized carbons (Fsp3) is 0.462. The normalized spacial score (nSPS) is 21.3. The quantitative estimate of drug-likeness (QED) is 0.841. The number of ether oxygens (including phenoxy) is 1. The molecular weight excluding hydrogens is 309 g/mol. The van der Waals surface area contributed by atoms with Gasteiger partial charge in [0.15, 0.2) is 0 Å². The minimum absolute atomic E-state index is 0. The molecule has 6 heteroatoms. The molecule has 0 aromatic heterocycles. The number of rotatable bonds is 2. The van der Waals surface area contributed by atoms with Gasteiger partial charge in [-0.3, -0.25) is 4.79 Å². The summed E-state index contributed by atoms with van der Waals surface area (Å²) in [5.74, 6) is -0.610. The predicted octanol–water partition coefficient (Wildman–Crippen LogP) is 3.86. The fourth-order valence-corrected chi connectivity index (χ4v) is 2.85. The molecule has 1 aliphatic rings. The standard InChI is InChI=1S/C13H15Cl2NO2.ClH/c1-2-18-13(17)8-4-6-10(16)7-3-5-9(14)12(15)11(7)8;/h3,5,8,10H,2,4,6,16H2,1H3;1H/t8-,10-;/m0./s1. The average Bonchev–Trinajstić information content (AvgIpc) is 2.34.